The maximum Gasteiger partial charge on any atom is 0.0220 e. The standard InChI is InChI=1S/C11H24N2S/c1-4-5-10(8-12-2)13(3)11-6-7-14-9-11/h10-12H,4-9H2,1-3H3. The molecule has 2 nitrogen and oxygen atoms in total. The Hall–Kier alpha value is 0.270. The number of likely N-dealkylation sites (N-methyl/N-ethyl adjacent to an activating group) is 2. The average molecular weight is 216 g/mol. The molecule has 0 aliphatic carbocycles. The Labute approximate surface area is 92.8 Å². The van der Waals surface area contributed by atoms with Gasteiger partial charge in [0.05, 0.1) is 0 Å². The van der Waals surface area contributed by atoms with Crippen LogP contribution in [-0.4, -0.2) is 49.1 Å². The molecule has 0 aromatic carbocycles. The lowest BCUT2D eigenvalue weighted by Crippen LogP contribution is -2.45. The van der Waals surface area contributed by atoms with Crippen LogP contribution in [0.15, 0.2) is 0 Å². The molecule has 1 heterocycles. The molecule has 14 heavy (non-hydrogen) atoms. The van der Waals surface area contributed by atoms with E-state index in [-0.39, 0.29) is 0 Å². The Morgan fingerprint density at radius 3 is 2.86 bits per heavy atom. The van der Waals surface area contributed by atoms with Gasteiger partial charge in [-0.2, -0.15) is 11.8 Å². The molecule has 0 amide bonds. The van der Waals surface area contributed by atoms with Crippen molar-refractivity contribution in [2.24, 2.45) is 0 Å². The highest BCUT2D eigenvalue weighted by atomic mass is 32.2. The number of hydrogen-bond acceptors (Lipinski definition) is 3. The predicted octanol–water partition coefficient (Wildman–Crippen LogP) is 1.81. The first-order valence-electron chi connectivity index (χ1n) is 5.73. The molecule has 2 atom stereocenters. The number of thioether (sulfide) groups is 1. The summed E-state index contributed by atoms with van der Waals surface area (Å²) in [6.45, 7) is 3.41. The van der Waals surface area contributed by atoms with Crippen LogP contribution in [0.25, 0.3) is 0 Å². The van der Waals surface area contributed by atoms with E-state index in [1.165, 1.54) is 30.8 Å². The van der Waals surface area contributed by atoms with Crippen molar-refractivity contribution in [1.82, 2.24) is 10.2 Å². The monoisotopic (exact) mass is 216 g/mol. The molecule has 1 fully saturated rings. The summed E-state index contributed by atoms with van der Waals surface area (Å²) in [4.78, 5) is 2.60. The van der Waals surface area contributed by atoms with E-state index in [1.807, 2.05) is 0 Å². The van der Waals surface area contributed by atoms with Crippen molar-refractivity contribution in [1.29, 1.82) is 0 Å². The zero-order chi connectivity index (χ0) is 10.4. The Morgan fingerprint density at radius 1 is 1.57 bits per heavy atom. The fourth-order valence-electron chi connectivity index (χ4n) is 2.16. The molecule has 0 aromatic heterocycles. The van der Waals surface area contributed by atoms with Gasteiger partial charge in [-0.25, -0.2) is 0 Å². The second-order valence-corrected chi connectivity index (χ2v) is 5.33. The molecular formula is C11H24N2S. The van der Waals surface area contributed by atoms with E-state index < -0.39 is 0 Å². The van der Waals surface area contributed by atoms with Gasteiger partial charge < -0.3 is 5.32 Å². The SMILES string of the molecule is CCCC(CNC)N(C)C1CCSC1. The van der Waals surface area contributed by atoms with Gasteiger partial charge in [0.2, 0.25) is 0 Å². The van der Waals surface area contributed by atoms with Gasteiger partial charge in [0.25, 0.3) is 0 Å². The van der Waals surface area contributed by atoms with Crippen molar-refractivity contribution in [3.8, 4) is 0 Å². The van der Waals surface area contributed by atoms with Gasteiger partial charge in [-0.15, -0.1) is 0 Å². The summed E-state index contributed by atoms with van der Waals surface area (Å²) in [6, 6.07) is 1.55. The Kier molecular flexibility index (Phi) is 5.90. The van der Waals surface area contributed by atoms with Crippen LogP contribution in [0, 0.1) is 0 Å². The minimum absolute atomic E-state index is 0.730. The average Bonchev–Trinajstić information content (AvgIpc) is 2.69. The van der Waals surface area contributed by atoms with E-state index in [0.29, 0.717) is 0 Å². The Balaban J connectivity index is 2.39. The summed E-state index contributed by atoms with van der Waals surface area (Å²) in [5.41, 5.74) is 0. The van der Waals surface area contributed by atoms with Crippen molar-refractivity contribution in [2.45, 2.75) is 38.3 Å². The van der Waals surface area contributed by atoms with Crippen LogP contribution < -0.4 is 5.32 Å². The summed E-state index contributed by atoms with van der Waals surface area (Å²) in [7, 11) is 4.36. The molecule has 0 bridgehead atoms. The van der Waals surface area contributed by atoms with Gasteiger partial charge in [-0.05, 0) is 32.7 Å². The summed E-state index contributed by atoms with van der Waals surface area (Å²) < 4.78 is 0. The van der Waals surface area contributed by atoms with Crippen molar-refractivity contribution >= 4 is 11.8 Å². The largest absolute Gasteiger partial charge is 0.318 e. The third kappa shape index (κ3) is 3.44. The fourth-order valence-corrected chi connectivity index (χ4v) is 3.44. The first-order valence-corrected chi connectivity index (χ1v) is 6.89. The van der Waals surface area contributed by atoms with E-state index in [0.717, 1.165) is 18.6 Å². The quantitative estimate of drug-likeness (QED) is 0.729. The minimum Gasteiger partial charge on any atom is -0.318 e. The summed E-state index contributed by atoms with van der Waals surface area (Å²) in [5, 5.41) is 3.31. The normalized spacial score (nSPS) is 24.4. The fraction of sp³-hybridized carbons (Fsp3) is 1.00. The molecule has 1 aliphatic rings. The zero-order valence-electron chi connectivity index (χ0n) is 9.75. The van der Waals surface area contributed by atoms with E-state index in [2.05, 4.69) is 43.0 Å². The first kappa shape index (κ1) is 12.3. The van der Waals surface area contributed by atoms with Crippen LogP contribution in [0.4, 0.5) is 0 Å². The Morgan fingerprint density at radius 2 is 2.36 bits per heavy atom. The summed E-state index contributed by atoms with van der Waals surface area (Å²) in [5.74, 6) is 2.69. The number of rotatable bonds is 6. The van der Waals surface area contributed by atoms with E-state index in [9.17, 15) is 0 Å². The van der Waals surface area contributed by atoms with E-state index in [1.54, 1.807) is 0 Å². The summed E-state index contributed by atoms with van der Waals surface area (Å²) in [6.07, 6.45) is 3.99. The lowest BCUT2D eigenvalue weighted by molar-refractivity contribution is 0.175. The highest BCUT2D eigenvalue weighted by Crippen LogP contribution is 2.23. The van der Waals surface area contributed by atoms with E-state index >= 15 is 0 Å². The highest BCUT2D eigenvalue weighted by molar-refractivity contribution is 7.99. The second kappa shape index (κ2) is 6.70. The molecular weight excluding hydrogens is 192 g/mol. The molecule has 0 spiro atoms. The second-order valence-electron chi connectivity index (χ2n) is 4.18. The predicted molar refractivity (Wildman–Crippen MR) is 66.1 cm³/mol. The number of nitrogens with zero attached hydrogens (tertiary/aromatic N) is 1. The Bertz CT molecular complexity index is 140. The maximum absolute atomic E-state index is 3.31. The molecule has 1 N–H and O–H groups in total. The van der Waals surface area contributed by atoms with Crippen LogP contribution in [0.1, 0.15) is 26.2 Å². The molecule has 0 aromatic rings. The van der Waals surface area contributed by atoms with Gasteiger partial charge in [-0.3, -0.25) is 4.90 Å². The van der Waals surface area contributed by atoms with Gasteiger partial charge >= 0.3 is 0 Å². The molecule has 0 radical (unpaired) electrons. The van der Waals surface area contributed by atoms with Gasteiger partial charge in [-0.1, -0.05) is 13.3 Å². The molecule has 2 unspecified atom stereocenters. The van der Waals surface area contributed by atoms with Crippen molar-refractivity contribution < 1.29 is 0 Å². The maximum atomic E-state index is 3.31. The van der Waals surface area contributed by atoms with Crippen LogP contribution in [0.5, 0.6) is 0 Å². The third-order valence-corrected chi connectivity index (χ3v) is 4.26. The van der Waals surface area contributed by atoms with Gasteiger partial charge in [0.15, 0.2) is 0 Å². The van der Waals surface area contributed by atoms with E-state index in [4.69, 9.17) is 0 Å². The van der Waals surface area contributed by atoms with Crippen LogP contribution in [-0.2, 0) is 0 Å². The highest BCUT2D eigenvalue weighted by Gasteiger charge is 2.24. The molecule has 1 rings (SSSR count). The molecule has 1 saturated heterocycles. The number of hydrogen-bond donors (Lipinski definition) is 1. The molecule has 3 heteroatoms. The van der Waals surface area contributed by atoms with Crippen molar-refractivity contribution in [2.75, 3.05) is 32.1 Å². The van der Waals surface area contributed by atoms with Crippen molar-refractivity contribution in [3.63, 3.8) is 0 Å². The molecule has 1 aliphatic heterocycles. The first-order chi connectivity index (χ1) is 6.79. The minimum atomic E-state index is 0.730. The smallest absolute Gasteiger partial charge is 0.0220 e. The topological polar surface area (TPSA) is 15.3 Å². The van der Waals surface area contributed by atoms with Crippen LogP contribution in [0.2, 0.25) is 0 Å². The number of nitrogens with one attached hydrogen (secondary N) is 1. The molecule has 84 valence electrons. The van der Waals surface area contributed by atoms with Crippen molar-refractivity contribution in [3.05, 3.63) is 0 Å². The third-order valence-electron chi connectivity index (χ3n) is 3.12. The zero-order valence-corrected chi connectivity index (χ0v) is 10.6. The summed E-state index contributed by atoms with van der Waals surface area (Å²) >= 11 is 2.10. The lowest BCUT2D eigenvalue weighted by Gasteiger charge is -2.32. The van der Waals surface area contributed by atoms with Crippen LogP contribution in [0.3, 0.4) is 0 Å². The van der Waals surface area contributed by atoms with Gasteiger partial charge in [0.1, 0.15) is 0 Å². The lowest BCUT2D eigenvalue weighted by atomic mass is 10.1. The molecule has 0 saturated carbocycles. The van der Waals surface area contributed by atoms with Gasteiger partial charge in [0, 0.05) is 24.4 Å². The van der Waals surface area contributed by atoms with Crippen LogP contribution >= 0.6 is 11.8 Å².